The molecule has 0 saturated carbocycles. The number of ether oxygens (including phenoxy) is 1. The summed E-state index contributed by atoms with van der Waals surface area (Å²) < 4.78 is 7.15. The average Bonchev–Trinajstić information content (AvgIpc) is 3.20. The molecule has 0 fully saturated rings. The summed E-state index contributed by atoms with van der Waals surface area (Å²) in [6.45, 7) is 0.900. The number of anilines is 1. The lowest BCUT2D eigenvalue weighted by Crippen LogP contribution is -2.04. The van der Waals surface area contributed by atoms with Crippen LogP contribution in [0.15, 0.2) is 42.5 Å². The monoisotopic (exact) mass is 359 g/mol. The Bertz CT molecular complexity index is 903. The molecular formula is C18H15Cl2N3O. The van der Waals surface area contributed by atoms with Crippen molar-refractivity contribution in [2.45, 2.75) is 6.42 Å². The van der Waals surface area contributed by atoms with Crippen molar-refractivity contribution in [2.75, 3.05) is 19.0 Å². The minimum atomic E-state index is 0.535. The molecule has 0 spiro atoms. The maximum absolute atomic E-state index is 6.18. The lowest BCUT2D eigenvalue weighted by atomic mass is 10.1. The van der Waals surface area contributed by atoms with Crippen LogP contribution in [0.5, 0.6) is 5.75 Å². The van der Waals surface area contributed by atoms with Crippen molar-refractivity contribution in [2.24, 2.45) is 0 Å². The van der Waals surface area contributed by atoms with Crippen LogP contribution in [-0.2, 0) is 6.42 Å². The SMILES string of the molecule is COc1ccc(-n2nc(-c3ccc(Cl)c(Cl)c3)c3c2NCC3)cc1. The first-order chi connectivity index (χ1) is 11.7. The molecule has 0 bridgehead atoms. The molecule has 0 radical (unpaired) electrons. The highest BCUT2D eigenvalue weighted by molar-refractivity contribution is 6.42. The number of aromatic nitrogens is 2. The highest BCUT2D eigenvalue weighted by Gasteiger charge is 2.24. The Kier molecular flexibility index (Phi) is 3.87. The quantitative estimate of drug-likeness (QED) is 0.728. The van der Waals surface area contributed by atoms with Gasteiger partial charge >= 0.3 is 0 Å². The van der Waals surface area contributed by atoms with Crippen molar-refractivity contribution < 1.29 is 4.74 Å². The molecule has 3 aromatic rings. The summed E-state index contributed by atoms with van der Waals surface area (Å²) in [5, 5.41) is 9.31. The number of benzene rings is 2. The summed E-state index contributed by atoms with van der Waals surface area (Å²) >= 11 is 12.2. The lowest BCUT2D eigenvalue weighted by molar-refractivity contribution is 0.414. The molecule has 1 aliphatic rings. The van der Waals surface area contributed by atoms with Crippen molar-refractivity contribution in [1.82, 2.24) is 9.78 Å². The second kappa shape index (κ2) is 6.04. The van der Waals surface area contributed by atoms with Gasteiger partial charge in [-0.15, -0.1) is 0 Å². The molecule has 0 aliphatic carbocycles. The smallest absolute Gasteiger partial charge is 0.133 e. The van der Waals surface area contributed by atoms with Crippen LogP contribution in [-0.4, -0.2) is 23.4 Å². The first-order valence-electron chi connectivity index (χ1n) is 7.63. The molecular weight excluding hydrogens is 345 g/mol. The topological polar surface area (TPSA) is 39.1 Å². The van der Waals surface area contributed by atoms with E-state index in [4.69, 9.17) is 33.0 Å². The zero-order chi connectivity index (χ0) is 16.7. The predicted molar refractivity (Wildman–Crippen MR) is 97.8 cm³/mol. The van der Waals surface area contributed by atoms with Gasteiger partial charge in [-0.1, -0.05) is 29.3 Å². The Labute approximate surface area is 150 Å². The second-order valence-electron chi connectivity index (χ2n) is 5.59. The van der Waals surface area contributed by atoms with Crippen LogP contribution >= 0.6 is 23.2 Å². The van der Waals surface area contributed by atoms with Crippen LogP contribution in [0.1, 0.15) is 5.56 Å². The normalized spacial score (nSPS) is 12.8. The predicted octanol–water partition coefficient (Wildman–Crippen LogP) is 4.82. The maximum Gasteiger partial charge on any atom is 0.133 e. The van der Waals surface area contributed by atoms with E-state index in [1.165, 1.54) is 5.56 Å². The standard InChI is InChI=1S/C18H15Cl2N3O/c1-24-13-5-3-12(4-6-13)23-18-14(8-9-21-18)17(22-23)11-2-7-15(19)16(20)10-11/h2-7,10,21H,8-9H2,1H3. The van der Waals surface area contributed by atoms with Crippen molar-refractivity contribution in [3.8, 4) is 22.7 Å². The van der Waals surface area contributed by atoms with E-state index in [1.807, 2.05) is 41.1 Å². The summed E-state index contributed by atoms with van der Waals surface area (Å²) in [4.78, 5) is 0. The van der Waals surface area contributed by atoms with Crippen LogP contribution in [0.4, 0.5) is 5.82 Å². The van der Waals surface area contributed by atoms with Crippen molar-refractivity contribution in [3.63, 3.8) is 0 Å². The van der Waals surface area contributed by atoms with E-state index in [0.29, 0.717) is 10.0 Å². The molecule has 0 atom stereocenters. The Morgan fingerprint density at radius 1 is 1.08 bits per heavy atom. The number of rotatable bonds is 3. The third-order valence-electron chi connectivity index (χ3n) is 4.16. The molecule has 0 saturated heterocycles. The van der Waals surface area contributed by atoms with Gasteiger partial charge in [0.25, 0.3) is 0 Å². The molecule has 4 rings (SSSR count). The summed E-state index contributed by atoms with van der Waals surface area (Å²) in [5.41, 5.74) is 4.08. The minimum absolute atomic E-state index is 0.535. The van der Waals surface area contributed by atoms with Crippen molar-refractivity contribution in [3.05, 3.63) is 58.1 Å². The van der Waals surface area contributed by atoms with E-state index in [9.17, 15) is 0 Å². The molecule has 2 heterocycles. The first-order valence-corrected chi connectivity index (χ1v) is 8.38. The number of hydrogen-bond donors (Lipinski definition) is 1. The molecule has 1 aliphatic heterocycles. The highest BCUT2D eigenvalue weighted by atomic mass is 35.5. The molecule has 2 aromatic carbocycles. The third-order valence-corrected chi connectivity index (χ3v) is 4.90. The van der Waals surface area contributed by atoms with Gasteiger partial charge in [0.1, 0.15) is 11.6 Å². The Morgan fingerprint density at radius 3 is 2.58 bits per heavy atom. The largest absolute Gasteiger partial charge is 0.497 e. The van der Waals surface area contributed by atoms with Gasteiger partial charge in [0, 0.05) is 17.7 Å². The van der Waals surface area contributed by atoms with E-state index in [-0.39, 0.29) is 0 Å². The summed E-state index contributed by atoms with van der Waals surface area (Å²) in [7, 11) is 1.66. The van der Waals surface area contributed by atoms with Gasteiger partial charge in [-0.25, -0.2) is 4.68 Å². The number of methoxy groups -OCH3 is 1. The van der Waals surface area contributed by atoms with Crippen LogP contribution < -0.4 is 10.1 Å². The van der Waals surface area contributed by atoms with Crippen LogP contribution in [0.25, 0.3) is 16.9 Å². The zero-order valence-corrected chi connectivity index (χ0v) is 14.5. The second-order valence-corrected chi connectivity index (χ2v) is 6.41. The number of hydrogen-bond acceptors (Lipinski definition) is 3. The average molecular weight is 360 g/mol. The number of nitrogens with one attached hydrogen (secondary N) is 1. The number of fused-ring (bicyclic) bond motifs is 1. The lowest BCUT2D eigenvalue weighted by Gasteiger charge is -2.07. The summed E-state index contributed by atoms with van der Waals surface area (Å²) in [6.07, 6.45) is 0.932. The van der Waals surface area contributed by atoms with Crippen LogP contribution in [0.2, 0.25) is 10.0 Å². The molecule has 0 unspecified atom stereocenters. The fourth-order valence-electron chi connectivity index (χ4n) is 2.96. The Hall–Kier alpha value is -2.17. The number of nitrogens with zero attached hydrogens (tertiary/aromatic N) is 2. The number of halogens is 2. The van der Waals surface area contributed by atoms with Gasteiger partial charge in [0.2, 0.25) is 0 Å². The van der Waals surface area contributed by atoms with E-state index in [1.54, 1.807) is 13.2 Å². The van der Waals surface area contributed by atoms with E-state index in [0.717, 1.165) is 41.5 Å². The highest BCUT2D eigenvalue weighted by Crippen LogP contribution is 2.36. The van der Waals surface area contributed by atoms with Gasteiger partial charge in [-0.05, 0) is 42.8 Å². The Balaban J connectivity index is 1.83. The third kappa shape index (κ3) is 2.52. The molecule has 0 amide bonds. The maximum atomic E-state index is 6.18. The fraction of sp³-hybridized carbons (Fsp3) is 0.167. The van der Waals surface area contributed by atoms with Gasteiger partial charge < -0.3 is 10.1 Å². The van der Waals surface area contributed by atoms with Gasteiger partial charge in [0.15, 0.2) is 0 Å². The summed E-state index contributed by atoms with van der Waals surface area (Å²) in [5.74, 6) is 1.85. The van der Waals surface area contributed by atoms with Crippen LogP contribution in [0, 0.1) is 0 Å². The molecule has 4 nitrogen and oxygen atoms in total. The molecule has 122 valence electrons. The molecule has 1 aromatic heterocycles. The minimum Gasteiger partial charge on any atom is -0.497 e. The van der Waals surface area contributed by atoms with Gasteiger partial charge in [-0.3, -0.25) is 0 Å². The fourth-order valence-corrected chi connectivity index (χ4v) is 3.26. The zero-order valence-electron chi connectivity index (χ0n) is 13.0. The summed E-state index contributed by atoms with van der Waals surface area (Å²) in [6, 6.07) is 13.5. The van der Waals surface area contributed by atoms with Gasteiger partial charge in [0.05, 0.1) is 28.5 Å². The van der Waals surface area contributed by atoms with Crippen molar-refractivity contribution >= 4 is 29.0 Å². The Morgan fingerprint density at radius 2 is 1.88 bits per heavy atom. The van der Waals surface area contributed by atoms with E-state index in [2.05, 4.69) is 5.32 Å². The molecule has 1 N–H and O–H groups in total. The van der Waals surface area contributed by atoms with Crippen LogP contribution in [0.3, 0.4) is 0 Å². The molecule has 24 heavy (non-hydrogen) atoms. The van der Waals surface area contributed by atoms with E-state index >= 15 is 0 Å². The van der Waals surface area contributed by atoms with Gasteiger partial charge in [-0.2, -0.15) is 5.10 Å². The first kappa shape index (κ1) is 15.4. The molecule has 6 heteroatoms. The van der Waals surface area contributed by atoms with Crippen molar-refractivity contribution in [1.29, 1.82) is 0 Å². The van der Waals surface area contributed by atoms with E-state index < -0.39 is 0 Å².